The molecule has 0 saturated heterocycles. The highest BCUT2D eigenvalue weighted by atomic mass is 19.4. The molecule has 0 spiro atoms. The summed E-state index contributed by atoms with van der Waals surface area (Å²) in [6.45, 7) is 1.15. The molecule has 0 aliphatic carbocycles. The predicted molar refractivity (Wildman–Crippen MR) is 124 cm³/mol. The van der Waals surface area contributed by atoms with Gasteiger partial charge in [-0.2, -0.15) is 13.2 Å². The summed E-state index contributed by atoms with van der Waals surface area (Å²) in [7, 11) is 1.37. The zero-order valence-corrected chi connectivity index (χ0v) is 18.9. The van der Waals surface area contributed by atoms with Gasteiger partial charge in [-0.15, -0.1) is 0 Å². The van der Waals surface area contributed by atoms with Crippen molar-refractivity contribution in [2.75, 3.05) is 36.1 Å². The number of rotatable bonds is 8. The predicted octanol–water partition coefficient (Wildman–Crippen LogP) is 4.37. The van der Waals surface area contributed by atoms with Gasteiger partial charge in [-0.05, 0) is 49.4 Å². The maximum atomic E-state index is 13.6. The molecule has 184 valence electrons. The second kappa shape index (κ2) is 10.8. The largest absolute Gasteiger partial charge is 0.459 e. The van der Waals surface area contributed by atoms with E-state index in [0.29, 0.717) is 5.69 Å². The maximum Gasteiger partial charge on any atom is 0.418 e. The van der Waals surface area contributed by atoms with Gasteiger partial charge in [0.15, 0.2) is 5.76 Å². The summed E-state index contributed by atoms with van der Waals surface area (Å²) in [6, 6.07) is 13.1. The Bertz CT molecular complexity index is 1190. The van der Waals surface area contributed by atoms with Crippen molar-refractivity contribution in [2.45, 2.75) is 13.1 Å². The molecule has 0 aliphatic rings. The Morgan fingerprint density at radius 1 is 0.971 bits per heavy atom. The molecular formula is C24H23F3N4O4. The molecule has 3 aromatic rings. The number of amides is 3. The van der Waals surface area contributed by atoms with Crippen LogP contribution in [0.2, 0.25) is 0 Å². The number of furan rings is 1. The molecule has 11 heteroatoms. The number of nitrogens with zero attached hydrogens (tertiary/aromatic N) is 1. The number of aryl methyl sites for hydroxylation is 1. The van der Waals surface area contributed by atoms with Crippen LogP contribution in [0.5, 0.6) is 0 Å². The van der Waals surface area contributed by atoms with Crippen LogP contribution in [0.25, 0.3) is 0 Å². The topological polar surface area (TPSA) is 104 Å². The fraction of sp³-hybridized carbons (Fsp3) is 0.208. The molecule has 0 aliphatic heterocycles. The average Bonchev–Trinajstić information content (AvgIpc) is 3.34. The van der Waals surface area contributed by atoms with Gasteiger partial charge in [-0.25, -0.2) is 0 Å². The highest BCUT2D eigenvalue weighted by Gasteiger charge is 2.34. The Labute approximate surface area is 199 Å². The summed E-state index contributed by atoms with van der Waals surface area (Å²) in [6.07, 6.45) is -3.49. The maximum absolute atomic E-state index is 13.6. The smallest absolute Gasteiger partial charge is 0.418 e. The molecule has 35 heavy (non-hydrogen) atoms. The molecule has 1 heterocycles. The van der Waals surface area contributed by atoms with Crippen LogP contribution in [-0.2, 0) is 15.8 Å². The van der Waals surface area contributed by atoms with Gasteiger partial charge in [0.25, 0.3) is 5.91 Å². The van der Waals surface area contributed by atoms with E-state index in [4.69, 9.17) is 4.42 Å². The lowest BCUT2D eigenvalue weighted by molar-refractivity contribution is -0.137. The van der Waals surface area contributed by atoms with Crippen LogP contribution in [-0.4, -0.2) is 42.8 Å². The van der Waals surface area contributed by atoms with Crippen LogP contribution in [0.4, 0.5) is 30.2 Å². The number of nitrogens with one attached hydrogen (secondary N) is 3. The number of anilines is 3. The highest BCUT2D eigenvalue weighted by Crippen LogP contribution is 2.36. The van der Waals surface area contributed by atoms with Crippen molar-refractivity contribution in [3.63, 3.8) is 0 Å². The second-order valence-electron chi connectivity index (χ2n) is 7.71. The van der Waals surface area contributed by atoms with Crippen LogP contribution < -0.4 is 16.0 Å². The first kappa shape index (κ1) is 25.3. The van der Waals surface area contributed by atoms with Crippen LogP contribution in [0, 0.1) is 6.92 Å². The lowest BCUT2D eigenvalue weighted by Gasteiger charge is -2.19. The van der Waals surface area contributed by atoms with Crippen molar-refractivity contribution in [3.8, 4) is 0 Å². The number of carbonyl (C=O) groups excluding carboxylic acids is 3. The molecule has 0 unspecified atom stereocenters. The van der Waals surface area contributed by atoms with Crippen molar-refractivity contribution in [1.82, 2.24) is 4.90 Å². The van der Waals surface area contributed by atoms with Gasteiger partial charge < -0.3 is 25.3 Å². The molecule has 0 radical (unpaired) electrons. The first-order chi connectivity index (χ1) is 16.5. The minimum atomic E-state index is -4.75. The number of hydrogen-bond donors (Lipinski definition) is 3. The summed E-state index contributed by atoms with van der Waals surface area (Å²) in [5, 5.41) is 7.44. The Morgan fingerprint density at radius 3 is 2.29 bits per heavy atom. The van der Waals surface area contributed by atoms with Gasteiger partial charge in [-0.3, -0.25) is 14.4 Å². The van der Waals surface area contributed by atoms with E-state index in [0.717, 1.165) is 22.6 Å². The Kier molecular flexibility index (Phi) is 7.80. The first-order valence-electron chi connectivity index (χ1n) is 10.4. The molecule has 3 N–H and O–H groups in total. The van der Waals surface area contributed by atoms with Gasteiger partial charge in [0.2, 0.25) is 11.8 Å². The molecule has 8 nitrogen and oxygen atoms in total. The normalized spacial score (nSPS) is 11.0. The van der Waals surface area contributed by atoms with Gasteiger partial charge in [0.1, 0.15) is 0 Å². The summed E-state index contributed by atoms with van der Waals surface area (Å²) in [4.78, 5) is 37.7. The quantitative estimate of drug-likeness (QED) is 0.437. The minimum Gasteiger partial charge on any atom is -0.459 e. The fourth-order valence-corrected chi connectivity index (χ4v) is 3.06. The molecule has 0 atom stereocenters. The van der Waals surface area contributed by atoms with Crippen LogP contribution >= 0.6 is 0 Å². The Balaban J connectivity index is 1.60. The third kappa shape index (κ3) is 7.10. The van der Waals surface area contributed by atoms with E-state index in [1.807, 2.05) is 19.1 Å². The zero-order valence-electron chi connectivity index (χ0n) is 18.9. The zero-order chi connectivity index (χ0) is 25.6. The standard InChI is InChI=1S/C24H23F3N4O4/c1-15-5-7-16(8-6-15)29-21(32)14-31(2)22(33)13-28-19-10-9-17(12-18(19)24(25,26)27)30-23(34)20-4-3-11-35-20/h3-12,28H,13-14H2,1-2H3,(H,29,32)(H,30,34). The number of hydrogen-bond acceptors (Lipinski definition) is 5. The van der Waals surface area contributed by atoms with Gasteiger partial charge in [0, 0.05) is 24.1 Å². The van der Waals surface area contributed by atoms with E-state index in [1.54, 1.807) is 12.1 Å². The Hall–Kier alpha value is -4.28. The van der Waals surface area contributed by atoms with Crippen LogP contribution in [0.1, 0.15) is 21.7 Å². The summed E-state index contributed by atoms with van der Waals surface area (Å²) in [5.41, 5.74) is 0.0725. The summed E-state index contributed by atoms with van der Waals surface area (Å²) < 4.78 is 45.7. The molecule has 3 amide bonds. The van der Waals surface area contributed by atoms with Crippen molar-refractivity contribution in [3.05, 3.63) is 77.7 Å². The van der Waals surface area contributed by atoms with Gasteiger partial charge in [0.05, 0.1) is 24.9 Å². The van der Waals surface area contributed by atoms with E-state index in [2.05, 4.69) is 16.0 Å². The van der Waals surface area contributed by atoms with E-state index in [1.165, 1.54) is 31.5 Å². The van der Waals surface area contributed by atoms with Crippen molar-refractivity contribution < 1.29 is 32.0 Å². The third-order valence-corrected chi connectivity index (χ3v) is 4.90. The molecule has 1 aromatic heterocycles. The average molecular weight is 488 g/mol. The molecule has 0 fully saturated rings. The summed E-state index contributed by atoms with van der Waals surface area (Å²) in [5.74, 6) is -1.80. The number of benzene rings is 2. The van der Waals surface area contributed by atoms with Crippen LogP contribution in [0.15, 0.2) is 65.3 Å². The molecular weight excluding hydrogens is 465 g/mol. The molecule has 2 aromatic carbocycles. The van der Waals surface area contributed by atoms with Crippen LogP contribution in [0.3, 0.4) is 0 Å². The van der Waals surface area contributed by atoms with Crippen molar-refractivity contribution >= 4 is 34.8 Å². The highest BCUT2D eigenvalue weighted by molar-refractivity contribution is 6.02. The van der Waals surface area contributed by atoms with Crippen molar-refractivity contribution in [2.24, 2.45) is 0 Å². The lowest BCUT2D eigenvalue weighted by atomic mass is 10.1. The number of likely N-dealkylation sites (N-methyl/N-ethyl adjacent to an activating group) is 1. The minimum absolute atomic E-state index is 0.0548. The summed E-state index contributed by atoms with van der Waals surface area (Å²) >= 11 is 0. The lowest BCUT2D eigenvalue weighted by Crippen LogP contribution is -2.38. The van der Waals surface area contributed by atoms with E-state index in [9.17, 15) is 27.6 Å². The third-order valence-electron chi connectivity index (χ3n) is 4.90. The van der Waals surface area contributed by atoms with Crippen molar-refractivity contribution in [1.29, 1.82) is 0 Å². The monoisotopic (exact) mass is 488 g/mol. The van der Waals surface area contributed by atoms with E-state index in [-0.39, 0.29) is 23.7 Å². The van der Waals surface area contributed by atoms with E-state index >= 15 is 0 Å². The van der Waals surface area contributed by atoms with Gasteiger partial charge >= 0.3 is 6.18 Å². The van der Waals surface area contributed by atoms with E-state index < -0.39 is 36.0 Å². The number of halogens is 3. The number of alkyl halides is 3. The first-order valence-corrected chi connectivity index (χ1v) is 10.4. The Morgan fingerprint density at radius 2 is 1.66 bits per heavy atom. The second-order valence-corrected chi connectivity index (χ2v) is 7.71. The SMILES string of the molecule is Cc1ccc(NC(=O)CN(C)C(=O)CNc2ccc(NC(=O)c3ccco3)cc2C(F)(F)F)cc1. The number of carbonyl (C=O) groups is 3. The molecule has 0 bridgehead atoms. The molecule has 0 saturated carbocycles. The van der Waals surface area contributed by atoms with Gasteiger partial charge in [-0.1, -0.05) is 17.7 Å². The molecule has 3 rings (SSSR count). The fourth-order valence-electron chi connectivity index (χ4n) is 3.06.